The molecule has 2 rings (SSSR count). The van der Waals surface area contributed by atoms with Crippen LogP contribution in [0, 0.1) is 5.41 Å². The summed E-state index contributed by atoms with van der Waals surface area (Å²) in [5.41, 5.74) is 11.7. The summed E-state index contributed by atoms with van der Waals surface area (Å²) in [6.45, 7) is 8.59. The molecule has 0 saturated heterocycles. The molecule has 0 saturated carbocycles. The van der Waals surface area contributed by atoms with Crippen molar-refractivity contribution < 1.29 is 23.8 Å². The van der Waals surface area contributed by atoms with Gasteiger partial charge in [0.2, 0.25) is 0 Å². The molecular weight excluding hydrogens is 460 g/mol. The van der Waals surface area contributed by atoms with E-state index in [0.717, 1.165) is 25.0 Å². The predicted octanol–water partition coefficient (Wildman–Crippen LogP) is 3.72. The quantitative estimate of drug-likeness (QED) is 0.194. The van der Waals surface area contributed by atoms with Gasteiger partial charge in [-0.1, -0.05) is 0 Å². The van der Waals surface area contributed by atoms with Crippen LogP contribution in [0.1, 0.15) is 62.9 Å². The summed E-state index contributed by atoms with van der Waals surface area (Å²) in [4.78, 5) is 26.2. The van der Waals surface area contributed by atoms with E-state index < -0.39 is 5.91 Å². The zero-order chi connectivity index (χ0) is 26.7. The lowest BCUT2D eigenvalue weighted by atomic mass is 10.1. The van der Waals surface area contributed by atoms with Gasteiger partial charge in [0.25, 0.3) is 11.8 Å². The molecule has 9 heteroatoms. The van der Waals surface area contributed by atoms with Crippen LogP contribution < -0.4 is 25.7 Å². The molecule has 0 radical (unpaired) electrons. The van der Waals surface area contributed by atoms with Gasteiger partial charge < -0.3 is 30.6 Å². The van der Waals surface area contributed by atoms with E-state index in [-0.39, 0.29) is 30.4 Å². The highest BCUT2D eigenvalue weighted by Crippen LogP contribution is 2.27. The Kier molecular flexibility index (Phi) is 11.1. The zero-order valence-corrected chi connectivity index (χ0v) is 21.6. The predicted molar refractivity (Wildman–Crippen MR) is 140 cm³/mol. The van der Waals surface area contributed by atoms with Crippen molar-refractivity contribution in [3.63, 3.8) is 0 Å². The summed E-state index contributed by atoms with van der Waals surface area (Å²) >= 11 is 0. The highest BCUT2D eigenvalue weighted by Gasteiger charge is 2.25. The van der Waals surface area contributed by atoms with Gasteiger partial charge in [-0.25, -0.2) is 0 Å². The van der Waals surface area contributed by atoms with Crippen molar-refractivity contribution in [1.29, 1.82) is 5.41 Å². The molecule has 0 bridgehead atoms. The molecule has 9 nitrogen and oxygen atoms in total. The number of nitrogen functional groups attached to an aromatic ring is 1. The number of carbonyl (C=O) groups is 2. The molecule has 0 spiro atoms. The van der Waals surface area contributed by atoms with E-state index in [9.17, 15) is 9.59 Å². The largest absolute Gasteiger partial charge is 0.494 e. The molecule has 5 N–H and O–H groups in total. The number of hydrogen-bond donors (Lipinski definition) is 3. The third-order valence-electron chi connectivity index (χ3n) is 5.39. The van der Waals surface area contributed by atoms with Crippen LogP contribution in [0.15, 0.2) is 42.5 Å². The number of benzene rings is 2. The smallest absolute Gasteiger partial charge is 0.258 e. The van der Waals surface area contributed by atoms with Crippen molar-refractivity contribution in [3.8, 4) is 17.2 Å². The van der Waals surface area contributed by atoms with Gasteiger partial charge >= 0.3 is 0 Å². The number of ether oxygens (including phenoxy) is 3. The normalized spacial score (nSPS) is 10.8. The average Bonchev–Trinajstić information content (AvgIpc) is 2.82. The highest BCUT2D eigenvalue weighted by molar-refractivity contribution is 5.98. The standard InChI is InChI=1S/C27H38N4O5/c1-18(2)31(19(3)4)27(33)23-16-22(36-17-25(28)32)12-13-24(23)35-15-7-5-6-14-34-21-10-8-20(9-11-21)26(29)30/h8-13,16,18-19H,5-7,14-15,17H2,1-4H3,(H2,28,32)(H3,29,30). The van der Waals surface area contributed by atoms with E-state index in [0.29, 0.717) is 35.8 Å². The van der Waals surface area contributed by atoms with Crippen molar-refractivity contribution in [2.45, 2.75) is 59.0 Å². The van der Waals surface area contributed by atoms with Gasteiger partial charge in [-0.2, -0.15) is 0 Å². The van der Waals surface area contributed by atoms with Crippen LogP contribution in [0.2, 0.25) is 0 Å². The lowest BCUT2D eigenvalue weighted by Gasteiger charge is -2.31. The second-order valence-corrected chi connectivity index (χ2v) is 9.01. The Balaban J connectivity index is 1.93. The van der Waals surface area contributed by atoms with E-state index >= 15 is 0 Å². The van der Waals surface area contributed by atoms with Gasteiger partial charge in [0.1, 0.15) is 23.1 Å². The van der Waals surface area contributed by atoms with Crippen LogP contribution >= 0.6 is 0 Å². The van der Waals surface area contributed by atoms with Crippen LogP contribution in [0.4, 0.5) is 0 Å². The molecule has 196 valence electrons. The molecule has 0 atom stereocenters. The minimum Gasteiger partial charge on any atom is -0.494 e. The van der Waals surface area contributed by atoms with Crippen LogP contribution in [0.5, 0.6) is 17.2 Å². The fourth-order valence-electron chi connectivity index (χ4n) is 3.73. The zero-order valence-electron chi connectivity index (χ0n) is 21.6. The van der Waals surface area contributed by atoms with Crippen molar-refractivity contribution >= 4 is 17.6 Å². The monoisotopic (exact) mass is 498 g/mol. The van der Waals surface area contributed by atoms with E-state index in [1.807, 2.05) is 27.7 Å². The van der Waals surface area contributed by atoms with Crippen LogP contribution in [0.25, 0.3) is 0 Å². The van der Waals surface area contributed by atoms with Gasteiger partial charge in [-0.05, 0) is 89.4 Å². The first-order chi connectivity index (χ1) is 17.1. The number of amides is 2. The Morgan fingerprint density at radius 1 is 0.833 bits per heavy atom. The third-order valence-corrected chi connectivity index (χ3v) is 5.39. The molecule has 0 unspecified atom stereocenters. The summed E-state index contributed by atoms with van der Waals surface area (Å²) in [5.74, 6) is 0.859. The molecule has 36 heavy (non-hydrogen) atoms. The van der Waals surface area contributed by atoms with Gasteiger partial charge in [-0.3, -0.25) is 15.0 Å². The summed E-state index contributed by atoms with van der Waals surface area (Å²) in [7, 11) is 0. The topological polar surface area (TPSA) is 141 Å². The first-order valence-electron chi connectivity index (χ1n) is 12.2. The minimum atomic E-state index is -0.591. The number of amidine groups is 1. The number of rotatable bonds is 15. The maximum absolute atomic E-state index is 13.4. The fraction of sp³-hybridized carbons (Fsp3) is 0.444. The second-order valence-electron chi connectivity index (χ2n) is 9.01. The van der Waals surface area contributed by atoms with E-state index in [2.05, 4.69) is 0 Å². The lowest BCUT2D eigenvalue weighted by molar-refractivity contribution is -0.119. The number of nitrogens with zero attached hydrogens (tertiary/aromatic N) is 1. The summed E-state index contributed by atoms with van der Waals surface area (Å²) < 4.78 is 17.1. The number of nitrogens with one attached hydrogen (secondary N) is 1. The molecule has 0 aliphatic rings. The van der Waals surface area contributed by atoms with E-state index in [1.54, 1.807) is 47.4 Å². The highest BCUT2D eigenvalue weighted by atomic mass is 16.5. The van der Waals surface area contributed by atoms with Crippen molar-refractivity contribution in [2.24, 2.45) is 11.5 Å². The number of unbranched alkanes of at least 4 members (excludes halogenated alkanes) is 2. The van der Waals surface area contributed by atoms with Crippen molar-refractivity contribution in [1.82, 2.24) is 4.90 Å². The first-order valence-corrected chi connectivity index (χ1v) is 12.2. The molecule has 0 aliphatic heterocycles. The molecular formula is C27H38N4O5. The summed E-state index contributed by atoms with van der Waals surface area (Å²) in [6.07, 6.45) is 2.52. The molecule has 2 amide bonds. The van der Waals surface area contributed by atoms with Gasteiger partial charge in [0.15, 0.2) is 6.61 Å². The van der Waals surface area contributed by atoms with Crippen LogP contribution in [-0.2, 0) is 4.79 Å². The number of hydrogen-bond acceptors (Lipinski definition) is 6. The second kappa shape index (κ2) is 14.0. The summed E-state index contributed by atoms with van der Waals surface area (Å²) in [5, 5.41) is 7.42. The molecule has 2 aromatic carbocycles. The summed E-state index contributed by atoms with van der Waals surface area (Å²) in [6, 6.07) is 12.1. The Labute approximate surface area is 213 Å². The Bertz CT molecular complexity index is 1010. The number of carbonyl (C=O) groups excluding carboxylic acids is 2. The van der Waals surface area contributed by atoms with Crippen molar-refractivity contribution in [3.05, 3.63) is 53.6 Å². The molecule has 2 aromatic rings. The average molecular weight is 499 g/mol. The van der Waals surface area contributed by atoms with E-state index in [4.69, 9.17) is 31.1 Å². The van der Waals surface area contributed by atoms with Gasteiger partial charge in [-0.15, -0.1) is 0 Å². The fourth-order valence-corrected chi connectivity index (χ4v) is 3.73. The van der Waals surface area contributed by atoms with Crippen LogP contribution in [0.3, 0.4) is 0 Å². The maximum atomic E-state index is 13.4. The minimum absolute atomic E-state index is 0.000733. The Morgan fingerprint density at radius 2 is 1.42 bits per heavy atom. The number of nitrogens with two attached hydrogens (primary N) is 2. The van der Waals surface area contributed by atoms with Gasteiger partial charge in [0.05, 0.1) is 18.8 Å². The van der Waals surface area contributed by atoms with Gasteiger partial charge in [0, 0.05) is 17.6 Å². The molecule has 0 heterocycles. The molecule has 0 fully saturated rings. The maximum Gasteiger partial charge on any atom is 0.258 e. The SMILES string of the molecule is CC(C)N(C(=O)c1cc(OCC(N)=O)ccc1OCCCCCOc1ccc(C(=N)N)cc1)C(C)C. The lowest BCUT2D eigenvalue weighted by Crippen LogP contribution is -2.42. The third kappa shape index (κ3) is 8.79. The van der Waals surface area contributed by atoms with Crippen LogP contribution in [-0.4, -0.2) is 54.5 Å². The first kappa shape index (κ1) is 28.5. The Hall–Kier alpha value is -3.75. The molecule has 0 aromatic heterocycles. The number of primary amides is 1. The van der Waals surface area contributed by atoms with Crippen molar-refractivity contribution in [2.75, 3.05) is 19.8 Å². The van der Waals surface area contributed by atoms with E-state index in [1.165, 1.54) is 0 Å². The Morgan fingerprint density at radius 3 is 1.97 bits per heavy atom. The molecule has 0 aliphatic carbocycles.